The molecule has 1 N–H and O–H groups in total. The largest absolute Gasteiger partial charge is 0.478 e. The highest BCUT2D eigenvalue weighted by Crippen LogP contribution is 2.25. The fourth-order valence-electron chi connectivity index (χ4n) is 1.98. The van der Waals surface area contributed by atoms with E-state index in [1.165, 1.54) is 16.0 Å². The third-order valence-corrected chi connectivity index (χ3v) is 3.82. The maximum Gasteiger partial charge on any atom is 0.335 e. The van der Waals surface area contributed by atoms with Crippen molar-refractivity contribution in [3.05, 3.63) is 64.7 Å². The second-order valence-electron chi connectivity index (χ2n) is 4.62. The summed E-state index contributed by atoms with van der Waals surface area (Å²) in [5.41, 5.74) is 3.88. The van der Waals surface area contributed by atoms with Crippen molar-refractivity contribution in [1.82, 2.24) is 0 Å². The molecule has 0 saturated heterocycles. The molecule has 0 fully saturated rings. The van der Waals surface area contributed by atoms with Gasteiger partial charge in [-0.2, -0.15) is 0 Å². The van der Waals surface area contributed by atoms with Gasteiger partial charge in [0.2, 0.25) is 0 Å². The quantitative estimate of drug-likeness (QED) is 0.843. The van der Waals surface area contributed by atoms with E-state index >= 15 is 0 Å². The van der Waals surface area contributed by atoms with Crippen LogP contribution in [0.2, 0.25) is 0 Å². The number of hydrogen-bond acceptors (Lipinski definition) is 2. The van der Waals surface area contributed by atoms with E-state index < -0.39 is 5.97 Å². The second kappa shape index (κ2) is 5.93. The van der Waals surface area contributed by atoms with Crippen molar-refractivity contribution in [3.63, 3.8) is 0 Å². The van der Waals surface area contributed by atoms with E-state index in [-0.39, 0.29) is 0 Å². The molecule has 0 aliphatic rings. The predicted molar refractivity (Wildman–Crippen MR) is 78.9 cm³/mol. The SMILES string of the molecule is Cc1cc(C)cc(SCc2cccc(C(=O)O)c2)c1. The molecule has 3 heteroatoms. The van der Waals surface area contributed by atoms with E-state index in [2.05, 4.69) is 32.0 Å². The number of rotatable bonds is 4. The van der Waals surface area contributed by atoms with E-state index in [0.717, 1.165) is 11.3 Å². The molecule has 0 saturated carbocycles. The van der Waals surface area contributed by atoms with Crippen LogP contribution in [0, 0.1) is 13.8 Å². The van der Waals surface area contributed by atoms with Crippen molar-refractivity contribution >= 4 is 17.7 Å². The molecule has 2 rings (SSSR count). The van der Waals surface area contributed by atoms with Crippen LogP contribution in [0.15, 0.2) is 47.4 Å². The topological polar surface area (TPSA) is 37.3 Å². The first-order valence-electron chi connectivity index (χ1n) is 6.08. The fourth-order valence-corrected chi connectivity index (χ4v) is 3.03. The minimum Gasteiger partial charge on any atom is -0.478 e. The molecular weight excluding hydrogens is 256 g/mol. The smallest absolute Gasteiger partial charge is 0.335 e. The molecule has 0 heterocycles. The molecule has 0 atom stereocenters. The van der Waals surface area contributed by atoms with Crippen molar-refractivity contribution in [1.29, 1.82) is 0 Å². The van der Waals surface area contributed by atoms with Crippen molar-refractivity contribution in [2.24, 2.45) is 0 Å². The van der Waals surface area contributed by atoms with Gasteiger partial charge in [0.05, 0.1) is 5.56 Å². The molecule has 19 heavy (non-hydrogen) atoms. The van der Waals surface area contributed by atoms with Gasteiger partial charge in [0.1, 0.15) is 0 Å². The van der Waals surface area contributed by atoms with Gasteiger partial charge in [0, 0.05) is 10.6 Å². The zero-order valence-corrected chi connectivity index (χ0v) is 11.8. The average Bonchev–Trinajstić information content (AvgIpc) is 2.35. The number of thioether (sulfide) groups is 1. The summed E-state index contributed by atoms with van der Waals surface area (Å²) in [6.45, 7) is 4.17. The number of carbonyl (C=O) groups is 1. The lowest BCUT2D eigenvalue weighted by atomic mass is 10.1. The zero-order valence-electron chi connectivity index (χ0n) is 11.0. The van der Waals surface area contributed by atoms with Crippen molar-refractivity contribution in [3.8, 4) is 0 Å². The standard InChI is InChI=1S/C16H16O2S/c1-11-6-12(2)8-15(7-11)19-10-13-4-3-5-14(9-13)16(17)18/h3-9H,10H2,1-2H3,(H,17,18). The Labute approximate surface area is 117 Å². The Bertz CT molecular complexity index is 585. The van der Waals surface area contributed by atoms with Crippen LogP contribution in [-0.2, 0) is 5.75 Å². The molecular formula is C16H16O2S. The Hall–Kier alpha value is -1.74. The second-order valence-corrected chi connectivity index (χ2v) is 5.67. The highest BCUT2D eigenvalue weighted by molar-refractivity contribution is 7.98. The van der Waals surface area contributed by atoms with Gasteiger partial charge in [-0.15, -0.1) is 11.8 Å². The first-order valence-corrected chi connectivity index (χ1v) is 7.06. The first kappa shape index (κ1) is 13.7. The first-order chi connectivity index (χ1) is 9.04. The van der Waals surface area contributed by atoms with Crippen LogP contribution >= 0.6 is 11.8 Å². The number of aryl methyl sites for hydroxylation is 2. The van der Waals surface area contributed by atoms with Crippen LogP contribution < -0.4 is 0 Å². The summed E-state index contributed by atoms with van der Waals surface area (Å²) in [4.78, 5) is 12.1. The summed E-state index contributed by atoms with van der Waals surface area (Å²) in [5.74, 6) is -0.0949. The van der Waals surface area contributed by atoms with Crippen LogP contribution in [0.3, 0.4) is 0 Å². The number of hydrogen-bond donors (Lipinski definition) is 1. The van der Waals surface area contributed by atoms with E-state index in [4.69, 9.17) is 5.11 Å². The lowest BCUT2D eigenvalue weighted by Gasteiger charge is -2.06. The van der Waals surface area contributed by atoms with Crippen LogP contribution in [0.25, 0.3) is 0 Å². The fraction of sp³-hybridized carbons (Fsp3) is 0.188. The van der Waals surface area contributed by atoms with Gasteiger partial charge in [-0.1, -0.05) is 18.2 Å². The summed E-state index contributed by atoms with van der Waals surface area (Å²) in [6.07, 6.45) is 0. The minimum atomic E-state index is -0.877. The van der Waals surface area contributed by atoms with Crippen LogP contribution in [0.4, 0.5) is 0 Å². The maximum atomic E-state index is 10.9. The maximum absolute atomic E-state index is 10.9. The normalized spacial score (nSPS) is 10.4. The zero-order chi connectivity index (χ0) is 13.8. The van der Waals surface area contributed by atoms with Gasteiger partial charge < -0.3 is 5.11 Å². The van der Waals surface area contributed by atoms with Gasteiger partial charge in [0.15, 0.2) is 0 Å². The summed E-state index contributed by atoms with van der Waals surface area (Å²) in [5, 5.41) is 8.96. The number of aromatic carboxylic acids is 1. The van der Waals surface area contributed by atoms with Crippen LogP contribution in [0.5, 0.6) is 0 Å². The summed E-state index contributed by atoms with van der Waals surface area (Å²) in [7, 11) is 0. The highest BCUT2D eigenvalue weighted by Gasteiger charge is 2.04. The highest BCUT2D eigenvalue weighted by atomic mass is 32.2. The molecule has 0 spiro atoms. The summed E-state index contributed by atoms with van der Waals surface area (Å²) in [6, 6.07) is 13.6. The Morgan fingerprint density at radius 3 is 2.42 bits per heavy atom. The van der Waals surface area contributed by atoms with E-state index in [1.807, 2.05) is 6.07 Å². The number of carboxylic acids is 1. The molecule has 0 aliphatic heterocycles. The van der Waals surface area contributed by atoms with Gasteiger partial charge in [-0.3, -0.25) is 0 Å². The lowest BCUT2D eigenvalue weighted by Crippen LogP contribution is -1.96. The number of benzene rings is 2. The van der Waals surface area contributed by atoms with E-state index in [9.17, 15) is 4.79 Å². The van der Waals surface area contributed by atoms with Crippen molar-refractivity contribution in [2.75, 3.05) is 0 Å². The summed E-state index contributed by atoms with van der Waals surface area (Å²) >= 11 is 1.73. The monoisotopic (exact) mass is 272 g/mol. The Balaban J connectivity index is 2.10. The average molecular weight is 272 g/mol. The Kier molecular flexibility index (Phi) is 4.27. The third kappa shape index (κ3) is 3.86. The molecule has 98 valence electrons. The minimum absolute atomic E-state index is 0.346. The van der Waals surface area contributed by atoms with Crippen LogP contribution in [0.1, 0.15) is 27.0 Å². The molecule has 0 unspecified atom stereocenters. The Morgan fingerprint density at radius 2 is 1.79 bits per heavy atom. The predicted octanol–water partition coefficient (Wildman–Crippen LogP) is 4.29. The van der Waals surface area contributed by atoms with Crippen molar-refractivity contribution < 1.29 is 9.90 Å². The molecule has 0 bridgehead atoms. The van der Waals surface area contributed by atoms with Gasteiger partial charge in [0.25, 0.3) is 0 Å². The van der Waals surface area contributed by atoms with E-state index in [1.54, 1.807) is 30.0 Å². The molecule has 0 amide bonds. The molecule has 0 aliphatic carbocycles. The van der Waals surface area contributed by atoms with Crippen LogP contribution in [-0.4, -0.2) is 11.1 Å². The molecule has 0 aromatic heterocycles. The number of carboxylic acid groups (broad SMARTS) is 1. The van der Waals surface area contributed by atoms with Crippen molar-refractivity contribution in [2.45, 2.75) is 24.5 Å². The molecule has 2 aromatic carbocycles. The van der Waals surface area contributed by atoms with Gasteiger partial charge in [-0.05, 0) is 54.8 Å². The van der Waals surface area contributed by atoms with Gasteiger partial charge in [-0.25, -0.2) is 4.79 Å². The van der Waals surface area contributed by atoms with Gasteiger partial charge >= 0.3 is 5.97 Å². The lowest BCUT2D eigenvalue weighted by molar-refractivity contribution is 0.0697. The third-order valence-electron chi connectivity index (χ3n) is 2.77. The molecule has 2 nitrogen and oxygen atoms in total. The summed E-state index contributed by atoms with van der Waals surface area (Å²) < 4.78 is 0. The van der Waals surface area contributed by atoms with E-state index in [0.29, 0.717) is 5.56 Å². The Morgan fingerprint density at radius 1 is 1.11 bits per heavy atom. The molecule has 2 aromatic rings. The molecule has 0 radical (unpaired) electrons.